The van der Waals surface area contributed by atoms with E-state index < -0.39 is 0 Å². The van der Waals surface area contributed by atoms with Crippen molar-refractivity contribution < 1.29 is 9.50 Å². The molecule has 114 valence electrons. The van der Waals surface area contributed by atoms with Gasteiger partial charge in [0.2, 0.25) is 0 Å². The largest absolute Gasteiger partial charge is 0.506 e. The molecule has 0 amide bonds. The summed E-state index contributed by atoms with van der Waals surface area (Å²) in [5, 5.41) is 10.2. The summed E-state index contributed by atoms with van der Waals surface area (Å²) in [7, 11) is 0. The van der Waals surface area contributed by atoms with Crippen molar-refractivity contribution in [2.75, 3.05) is 18.0 Å². The number of aliphatic imine (C=N–C) groups is 1. The molecule has 22 heavy (non-hydrogen) atoms. The maximum Gasteiger partial charge on any atom is 0.147 e. The first-order valence-electron chi connectivity index (χ1n) is 7.20. The summed E-state index contributed by atoms with van der Waals surface area (Å²) in [6, 6.07) is 9.75. The lowest BCUT2D eigenvalue weighted by atomic mass is 10.2. The predicted molar refractivity (Wildman–Crippen MR) is 88.2 cm³/mol. The second-order valence-electron chi connectivity index (χ2n) is 5.30. The normalized spacial score (nSPS) is 14.9. The molecule has 2 aromatic rings. The molecule has 0 spiro atoms. The highest BCUT2D eigenvalue weighted by Crippen LogP contribution is 2.29. The molecule has 0 radical (unpaired) electrons. The highest BCUT2D eigenvalue weighted by Gasteiger charge is 2.15. The van der Waals surface area contributed by atoms with Crippen molar-refractivity contribution in [3.05, 3.63) is 52.8 Å². The van der Waals surface area contributed by atoms with Gasteiger partial charge in [-0.2, -0.15) is 0 Å². The van der Waals surface area contributed by atoms with Crippen LogP contribution >= 0.6 is 11.6 Å². The van der Waals surface area contributed by atoms with Gasteiger partial charge in [0.25, 0.3) is 0 Å². The third-order valence-corrected chi connectivity index (χ3v) is 3.94. The maximum absolute atomic E-state index is 14.2. The quantitative estimate of drug-likeness (QED) is 0.844. The van der Waals surface area contributed by atoms with Crippen LogP contribution in [0.25, 0.3) is 0 Å². The SMILES string of the molecule is Oc1cc(Cl)ccc1N=Cc1ccc(N2CCCC2)c(F)c1. The zero-order valence-electron chi connectivity index (χ0n) is 12.0. The summed E-state index contributed by atoms with van der Waals surface area (Å²) in [5.74, 6) is -0.246. The van der Waals surface area contributed by atoms with Crippen LogP contribution in [0.15, 0.2) is 41.4 Å². The molecule has 0 aromatic heterocycles. The number of halogens is 2. The number of phenolic OH excluding ortho intramolecular Hbond substituents is 1. The number of rotatable bonds is 3. The van der Waals surface area contributed by atoms with E-state index in [1.807, 2.05) is 6.07 Å². The van der Waals surface area contributed by atoms with Crippen LogP contribution in [0.3, 0.4) is 0 Å². The van der Waals surface area contributed by atoms with E-state index in [1.54, 1.807) is 18.2 Å². The van der Waals surface area contributed by atoms with Crippen molar-refractivity contribution in [3.8, 4) is 5.75 Å². The molecule has 1 heterocycles. The molecule has 0 aliphatic carbocycles. The number of hydrogen-bond acceptors (Lipinski definition) is 3. The van der Waals surface area contributed by atoms with Crippen molar-refractivity contribution in [2.45, 2.75) is 12.8 Å². The van der Waals surface area contributed by atoms with Gasteiger partial charge in [-0.3, -0.25) is 4.99 Å². The Labute approximate surface area is 133 Å². The Morgan fingerprint density at radius 2 is 1.91 bits per heavy atom. The number of aromatic hydroxyl groups is 1. The van der Waals surface area contributed by atoms with Gasteiger partial charge in [0.05, 0.1) is 5.69 Å². The zero-order valence-corrected chi connectivity index (χ0v) is 12.7. The number of phenols is 1. The van der Waals surface area contributed by atoms with Gasteiger partial charge in [-0.1, -0.05) is 17.7 Å². The maximum atomic E-state index is 14.2. The van der Waals surface area contributed by atoms with Gasteiger partial charge in [0.1, 0.15) is 17.3 Å². The number of hydrogen-bond donors (Lipinski definition) is 1. The molecule has 5 heteroatoms. The van der Waals surface area contributed by atoms with Crippen molar-refractivity contribution in [1.29, 1.82) is 0 Å². The van der Waals surface area contributed by atoms with E-state index in [0.717, 1.165) is 25.9 Å². The van der Waals surface area contributed by atoms with E-state index in [4.69, 9.17) is 11.6 Å². The second-order valence-corrected chi connectivity index (χ2v) is 5.73. The smallest absolute Gasteiger partial charge is 0.147 e. The minimum absolute atomic E-state index is 0.00194. The molecule has 3 rings (SSSR count). The number of benzene rings is 2. The molecule has 0 saturated carbocycles. The summed E-state index contributed by atoms with van der Waals surface area (Å²) < 4.78 is 14.2. The van der Waals surface area contributed by atoms with Gasteiger partial charge in [-0.25, -0.2) is 4.39 Å². The summed E-state index contributed by atoms with van der Waals surface area (Å²) in [6.07, 6.45) is 3.75. The van der Waals surface area contributed by atoms with Crippen LogP contribution in [0.2, 0.25) is 5.02 Å². The number of nitrogens with zero attached hydrogens (tertiary/aromatic N) is 2. The van der Waals surface area contributed by atoms with Crippen LogP contribution in [0.5, 0.6) is 5.75 Å². The highest BCUT2D eigenvalue weighted by molar-refractivity contribution is 6.30. The molecule has 1 fully saturated rings. The van der Waals surface area contributed by atoms with E-state index >= 15 is 0 Å². The topological polar surface area (TPSA) is 35.8 Å². The molecule has 3 nitrogen and oxygen atoms in total. The molecule has 1 aliphatic rings. The summed E-state index contributed by atoms with van der Waals surface area (Å²) in [5.41, 5.74) is 1.69. The van der Waals surface area contributed by atoms with Crippen LogP contribution in [0.4, 0.5) is 15.8 Å². The van der Waals surface area contributed by atoms with Gasteiger partial charge in [0, 0.05) is 30.4 Å². The molecule has 0 atom stereocenters. The average molecular weight is 319 g/mol. The monoisotopic (exact) mass is 318 g/mol. The Morgan fingerprint density at radius 3 is 2.59 bits per heavy atom. The highest BCUT2D eigenvalue weighted by atomic mass is 35.5. The van der Waals surface area contributed by atoms with Gasteiger partial charge in [-0.15, -0.1) is 0 Å². The van der Waals surface area contributed by atoms with Gasteiger partial charge < -0.3 is 10.0 Å². The van der Waals surface area contributed by atoms with E-state index in [1.165, 1.54) is 18.3 Å². The first kappa shape index (κ1) is 14.9. The lowest BCUT2D eigenvalue weighted by Gasteiger charge is -2.18. The minimum Gasteiger partial charge on any atom is -0.506 e. The summed E-state index contributed by atoms with van der Waals surface area (Å²) >= 11 is 5.77. The molecular weight excluding hydrogens is 303 g/mol. The Balaban J connectivity index is 1.80. The van der Waals surface area contributed by atoms with Crippen molar-refractivity contribution in [3.63, 3.8) is 0 Å². The molecule has 2 aromatic carbocycles. The molecule has 0 unspecified atom stereocenters. The molecule has 1 N–H and O–H groups in total. The fraction of sp³-hybridized carbons (Fsp3) is 0.235. The Bertz CT molecular complexity index is 712. The van der Waals surface area contributed by atoms with E-state index in [0.29, 0.717) is 22.0 Å². The van der Waals surface area contributed by atoms with Crippen LogP contribution in [0.1, 0.15) is 18.4 Å². The van der Waals surface area contributed by atoms with E-state index in [2.05, 4.69) is 9.89 Å². The first-order chi connectivity index (χ1) is 10.6. The third-order valence-electron chi connectivity index (χ3n) is 3.71. The molecular formula is C17H16ClFN2O. The van der Waals surface area contributed by atoms with Gasteiger partial charge >= 0.3 is 0 Å². The van der Waals surface area contributed by atoms with E-state index in [-0.39, 0.29) is 11.6 Å². The third kappa shape index (κ3) is 3.22. The minimum atomic E-state index is -0.244. The molecule has 0 bridgehead atoms. The summed E-state index contributed by atoms with van der Waals surface area (Å²) in [4.78, 5) is 6.23. The lowest BCUT2D eigenvalue weighted by Crippen LogP contribution is -2.18. The van der Waals surface area contributed by atoms with Crippen LogP contribution in [-0.4, -0.2) is 24.4 Å². The van der Waals surface area contributed by atoms with E-state index in [9.17, 15) is 9.50 Å². The lowest BCUT2D eigenvalue weighted by molar-refractivity contribution is 0.477. The predicted octanol–water partition coefficient (Wildman–Crippen LogP) is 4.54. The van der Waals surface area contributed by atoms with Gasteiger partial charge in [-0.05, 0) is 42.7 Å². The van der Waals surface area contributed by atoms with Crippen LogP contribution < -0.4 is 4.90 Å². The second kappa shape index (κ2) is 6.36. The fourth-order valence-corrected chi connectivity index (χ4v) is 2.73. The molecule has 1 aliphatic heterocycles. The molecule has 1 saturated heterocycles. The fourth-order valence-electron chi connectivity index (χ4n) is 2.57. The van der Waals surface area contributed by atoms with Crippen molar-refractivity contribution in [2.24, 2.45) is 4.99 Å². The van der Waals surface area contributed by atoms with Gasteiger partial charge in [0.15, 0.2) is 0 Å². The van der Waals surface area contributed by atoms with Crippen molar-refractivity contribution in [1.82, 2.24) is 0 Å². The van der Waals surface area contributed by atoms with Crippen LogP contribution in [0, 0.1) is 5.82 Å². The Hall–Kier alpha value is -2.07. The summed E-state index contributed by atoms with van der Waals surface area (Å²) in [6.45, 7) is 1.81. The Morgan fingerprint density at radius 1 is 1.14 bits per heavy atom. The standard InChI is InChI=1S/C17H16ClFN2O/c18-13-4-5-15(17(22)10-13)20-11-12-3-6-16(14(19)9-12)21-7-1-2-8-21/h3-6,9-11,22H,1-2,7-8H2. The zero-order chi connectivity index (χ0) is 15.5. The average Bonchev–Trinajstić information content (AvgIpc) is 3.00. The Kier molecular flexibility index (Phi) is 4.29. The van der Waals surface area contributed by atoms with Crippen molar-refractivity contribution >= 4 is 29.2 Å². The number of anilines is 1. The first-order valence-corrected chi connectivity index (χ1v) is 7.58. The van der Waals surface area contributed by atoms with Crippen LogP contribution in [-0.2, 0) is 0 Å².